The molecule has 0 aliphatic rings. The van der Waals surface area contributed by atoms with E-state index in [0.29, 0.717) is 4.34 Å². The molecule has 0 amide bonds. The molecule has 0 unspecified atom stereocenters. The van der Waals surface area contributed by atoms with Gasteiger partial charge in [0.2, 0.25) is 5.28 Å². The van der Waals surface area contributed by atoms with Gasteiger partial charge in [0.15, 0.2) is 9.37 Å². The van der Waals surface area contributed by atoms with Gasteiger partial charge in [-0.3, -0.25) is 10.1 Å². The average Bonchev–Trinajstić information content (AvgIpc) is 2.68. The first-order valence-electron chi connectivity index (χ1n) is 4.21. The smallest absolute Gasteiger partial charge is 0.258 e. The lowest BCUT2D eigenvalue weighted by Crippen LogP contribution is -2.00. The van der Waals surface area contributed by atoms with Crippen molar-refractivity contribution in [2.45, 2.75) is 16.3 Å². The molecular weight excluding hydrogens is 286 g/mol. The molecule has 0 N–H and O–H groups in total. The molecule has 0 aliphatic heterocycles. The van der Waals surface area contributed by atoms with Crippen LogP contribution in [0.25, 0.3) is 0 Å². The maximum Gasteiger partial charge on any atom is 0.322 e. The Morgan fingerprint density at radius 3 is 2.88 bits per heavy atom. The Balaban J connectivity index is 2.47. The summed E-state index contributed by atoms with van der Waals surface area (Å²) < 4.78 is 4.36. The number of hydrogen-bond acceptors (Lipinski definition) is 8. The summed E-state index contributed by atoms with van der Waals surface area (Å²) in [5, 5.41) is 11.1. The Morgan fingerprint density at radius 2 is 2.29 bits per heavy atom. The minimum Gasteiger partial charge on any atom is -0.258 e. The molecule has 0 atom stereocenters. The van der Waals surface area contributed by atoms with Crippen molar-refractivity contribution < 1.29 is 4.92 Å². The lowest BCUT2D eigenvalue weighted by Gasteiger charge is -2.02. The van der Waals surface area contributed by atoms with E-state index >= 15 is 0 Å². The summed E-state index contributed by atoms with van der Waals surface area (Å²) in [5.74, 6) is 0. The number of hydrogen-bond donors (Lipinski definition) is 0. The Hall–Kier alpha value is -1.32. The van der Waals surface area contributed by atoms with Crippen LogP contribution >= 0.6 is 34.9 Å². The van der Waals surface area contributed by atoms with Crippen molar-refractivity contribution in [1.82, 2.24) is 19.3 Å². The molecule has 0 spiro atoms. The van der Waals surface area contributed by atoms with Crippen molar-refractivity contribution in [3.63, 3.8) is 0 Å². The van der Waals surface area contributed by atoms with Gasteiger partial charge in [0.1, 0.15) is 12.0 Å². The Morgan fingerprint density at radius 1 is 1.53 bits per heavy atom. The van der Waals surface area contributed by atoms with Crippen LogP contribution in [0.1, 0.15) is 5.69 Å². The maximum absolute atomic E-state index is 10.9. The lowest BCUT2D eigenvalue weighted by atomic mass is 10.4. The molecule has 7 nitrogen and oxygen atoms in total. The molecule has 0 radical (unpaired) electrons. The van der Waals surface area contributed by atoms with Crippen LogP contribution in [-0.4, -0.2) is 24.2 Å². The van der Waals surface area contributed by atoms with E-state index in [1.807, 2.05) is 0 Å². The molecule has 0 saturated carbocycles. The van der Waals surface area contributed by atoms with Gasteiger partial charge in [-0.2, -0.15) is 4.37 Å². The van der Waals surface area contributed by atoms with Crippen molar-refractivity contribution in [3.05, 3.63) is 27.4 Å². The summed E-state index contributed by atoms with van der Waals surface area (Å²) in [6.07, 6.45) is 1.37. The quantitative estimate of drug-likeness (QED) is 0.370. The maximum atomic E-state index is 10.9. The zero-order chi connectivity index (χ0) is 12.4. The topological polar surface area (TPSA) is 94.7 Å². The highest BCUT2D eigenvalue weighted by Crippen LogP contribution is 2.35. The summed E-state index contributed by atoms with van der Waals surface area (Å²) in [5.41, 5.74) is 0.0663. The third-order valence-corrected chi connectivity index (χ3v) is 3.57. The molecule has 17 heavy (non-hydrogen) atoms. The third-order valence-electron chi connectivity index (χ3n) is 1.71. The van der Waals surface area contributed by atoms with E-state index in [9.17, 15) is 10.1 Å². The first-order chi connectivity index (χ1) is 8.08. The second kappa shape index (κ2) is 4.90. The van der Waals surface area contributed by atoms with Crippen LogP contribution in [-0.2, 0) is 0 Å². The fraction of sp³-hybridized carbons (Fsp3) is 0.143. The predicted octanol–water partition coefficient (Wildman–Crippen LogP) is 2.35. The summed E-state index contributed by atoms with van der Waals surface area (Å²) in [6, 6.07) is 0. The molecular formula is C7H4ClN5O2S2. The summed E-state index contributed by atoms with van der Waals surface area (Å²) in [4.78, 5) is 21.9. The first-order valence-corrected chi connectivity index (χ1v) is 6.17. The third kappa shape index (κ3) is 2.68. The molecule has 0 aromatic carbocycles. The molecule has 0 fully saturated rings. The Kier molecular flexibility index (Phi) is 3.50. The van der Waals surface area contributed by atoms with Gasteiger partial charge in [-0.15, -0.1) is 0 Å². The zero-order valence-electron chi connectivity index (χ0n) is 8.32. The lowest BCUT2D eigenvalue weighted by molar-refractivity contribution is -0.389. The average molecular weight is 290 g/mol. The first kappa shape index (κ1) is 12.1. The molecule has 0 saturated heterocycles. The Bertz CT molecular complexity index is 562. The van der Waals surface area contributed by atoms with E-state index in [1.165, 1.54) is 13.3 Å². The van der Waals surface area contributed by atoms with Gasteiger partial charge in [-0.25, -0.2) is 15.0 Å². The van der Waals surface area contributed by atoms with Gasteiger partial charge < -0.3 is 0 Å². The van der Waals surface area contributed by atoms with E-state index in [0.717, 1.165) is 23.3 Å². The number of nitro groups is 1. The molecule has 0 bridgehead atoms. The summed E-state index contributed by atoms with van der Waals surface area (Å²) in [6.45, 7) is 1.51. The second-order valence-corrected chi connectivity index (χ2v) is 5.15. The number of halogens is 1. The molecule has 88 valence electrons. The minimum absolute atomic E-state index is 0.0277. The van der Waals surface area contributed by atoms with Crippen LogP contribution in [0.3, 0.4) is 0 Å². The van der Waals surface area contributed by atoms with Gasteiger partial charge in [-0.05, 0) is 41.8 Å². The number of aryl methyl sites for hydroxylation is 1. The molecule has 2 aromatic heterocycles. The normalized spacial score (nSPS) is 10.5. The predicted molar refractivity (Wildman–Crippen MR) is 62.5 cm³/mol. The highest BCUT2D eigenvalue weighted by Gasteiger charge is 2.23. The van der Waals surface area contributed by atoms with E-state index in [1.54, 1.807) is 0 Å². The number of nitrogens with zero attached hydrogens (tertiary/aromatic N) is 5. The van der Waals surface area contributed by atoms with Crippen LogP contribution in [0.4, 0.5) is 5.69 Å². The molecule has 10 heteroatoms. The van der Waals surface area contributed by atoms with Crippen molar-refractivity contribution in [2.24, 2.45) is 0 Å². The molecule has 0 aliphatic carbocycles. The molecule has 2 aromatic rings. The van der Waals surface area contributed by atoms with E-state index in [2.05, 4.69) is 19.3 Å². The van der Waals surface area contributed by atoms with Crippen LogP contribution < -0.4 is 0 Å². The highest BCUT2D eigenvalue weighted by atomic mass is 35.5. The van der Waals surface area contributed by atoms with Crippen molar-refractivity contribution in [3.8, 4) is 0 Å². The SMILES string of the molecule is Cc1nc(Cl)nc(Sc2ncns2)c1[N+](=O)[O-]. The van der Waals surface area contributed by atoms with Crippen LogP contribution in [0, 0.1) is 17.0 Å². The van der Waals surface area contributed by atoms with Crippen LogP contribution in [0.2, 0.25) is 5.28 Å². The Labute approximate surface area is 109 Å². The second-order valence-electron chi connectivity index (χ2n) is 2.80. The van der Waals surface area contributed by atoms with E-state index in [4.69, 9.17) is 11.6 Å². The van der Waals surface area contributed by atoms with E-state index in [-0.39, 0.29) is 21.7 Å². The zero-order valence-corrected chi connectivity index (χ0v) is 10.7. The molecule has 2 heterocycles. The van der Waals surface area contributed by atoms with Crippen molar-refractivity contribution in [1.29, 1.82) is 0 Å². The number of rotatable bonds is 3. The van der Waals surface area contributed by atoms with Gasteiger partial charge in [0, 0.05) is 0 Å². The van der Waals surface area contributed by atoms with Gasteiger partial charge in [-0.1, -0.05) is 0 Å². The fourth-order valence-electron chi connectivity index (χ4n) is 1.08. The monoisotopic (exact) mass is 289 g/mol. The summed E-state index contributed by atoms with van der Waals surface area (Å²) in [7, 11) is 0. The highest BCUT2D eigenvalue weighted by molar-refractivity contribution is 8.01. The minimum atomic E-state index is -0.533. The van der Waals surface area contributed by atoms with Crippen molar-refractivity contribution in [2.75, 3.05) is 0 Å². The van der Waals surface area contributed by atoms with Crippen LogP contribution in [0.15, 0.2) is 15.7 Å². The van der Waals surface area contributed by atoms with Gasteiger partial charge >= 0.3 is 5.69 Å². The standard InChI is InChI=1S/C7H4ClN5O2S2/c1-3-4(13(14)15)5(12-6(8)11-3)16-7-9-2-10-17-7/h2H,1H3. The van der Waals surface area contributed by atoms with Gasteiger partial charge in [0.25, 0.3) is 0 Å². The van der Waals surface area contributed by atoms with E-state index < -0.39 is 4.92 Å². The summed E-state index contributed by atoms with van der Waals surface area (Å²) >= 11 is 7.85. The number of aromatic nitrogens is 4. The van der Waals surface area contributed by atoms with Crippen molar-refractivity contribution >= 4 is 40.6 Å². The fourth-order valence-corrected chi connectivity index (χ4v) is 2.85. The molecule has 2 rings (SSSR count). The largest absolute Gasteiger partial charge is 0.322 e. The van der Waals surface area contributed by atoms with Gasteiger partial charge in [0.05, 0.1) is 4.92 Å². The van der Waals surface area contributed by atoms with Crippen LogP contribution in [0.5, 0.6) is 0 Å².